The van der Waals surface area contributed by atoms with Crippen LogP contribution in [0.4, 0.5) is 0 Å². The number of nitrogens with zero attached hydrogens (tertiary/aromatic N) is 4. The second kappa shape index (κ2) is 7.38. The Morgan fingerprint density at radius 2 is 1.64 bits per heavy atom. The fourth-order valence-electron chi connectivity index (χ4n) is 4.53. The van der Waals surface area contributed by atoms with Crippen molar-refractivity contribution in [1.82, 2.24) is 19.8 Å². The molecule has 2 aliphatic rings. The normalized spacial score (nSPS) is 21.8. The second-order valence-electron chi connectivity index (χ2n) is 7.84. The molecule has 0 N–H and O–H groups in total. The summed E-state index contributed by atoms with van der Waals surface area (Å²) in [5, 5.41) is 0. The van der Waals surface area contributed by atoms with Gasteiger partial charge in [0.05, 0.1) is 22.4 Å². The molecule has 0 radical (unpaired) electrons. The maximum Gasteiger partial charge on any atom is 0.0890 e. The third-order valence-electron chi connectivity index (χ3n) is 6.25. The minimum atomic E-state index is 0.756. The van der Waals surface area contributed by atoms with E-state index in [-0.39, 0.29) is 0 Å². The number of benzene rings is 1. The Balaban J connectivity index is 1.37. The Kier molecular flexibility index (Phi) is 5.00. The van der Waals surface area contributed by atoms with Crippen molar-refractivity contribution in [3.8, 4) is 0 Å². The summed E-state index contributed by atoms with van der Waals surface area (Å²) < 4.78 is 0. The summed E-state index contributed by atoms with van der Waals surface area (Å²) >= 11 is 0. The van der Waals surface area contributed by atoms with Crippen molar-refractivity contribution in [2.24, 2.45) is 5.92 Å². The first-order valence-corrected chi connectivity index (χ1v) is 9.89. The predicted octanol–water partition coefficient (Wildman–Crippen LogP) is 3.63. The maximum absolute atomic E-state index is 4.87. The highest BCUT2D eigenvalue weighted by molar-refractivity contribution is 5.74. The first-order valence-electron chi connectivity index (χ1n) is 9.89. The van der Waals surface area contributed by atoms with Crippen LogP contribution in [0, 0.1) is 12.8 Å². The summed E-state index contributed by atoms with van der Waals surface area (Å²) in [6.45, 7) is 10.5. The number of aromatic nitrogens is 2. The molecule has 4 heteroatoms. The van der Waals surface area contributed by atoms with Gasteiger partial charge in [-0.2, -0.15) is 0 Å². The van der Waals surface area contributed by atoms with E-state index in [2.05, 4.69) is 29.7 Å². The molecular weight excluding hydrogens is 308 g/mol. The smallest absolute Gasteiger partial charge is 0.0890 e. The monoisotopic (exact) mass is 338 g/mol. The minimum absolute atomic E-state index is 0.756. The molecule has 2 saturated heterocycles. The zero-order valence-corrected chi connectivity index (χ0v) is 15.6. The Hall–Kier alpha value is -1.52. The van der Waals surface area contributed by atoms with Gasteiger partial charge in [-0.15, -0.1) is 0 Å². The summed E-state index contributed by atoms with van der Waals surface area (Å²) in [5.74, 6) is 0.859. The fraction of sp³-hybridized carbons (Fsp3) is 0.619. The van der Waals surface area contributed by atoms with Crippen molar-refractivity contribution < 1.29 is 0 Å². The molecule has 1 atom stereocenters. The molecule has 2 fully saturated rings. The Morgan fingerprint density at radius 3 is 2.32 bits per heavy atom. The van der Waals surface area contributed by atoms with Gasteiger partial charge >= 0.3 is 0 Å². The molecule has 3 heterocycles. The molecule has 4 rings (SSSR count). The van der Waals surface area contributed by atoms with E-state index in [1.807, 2.05) is 18.2 Å². The van der Waals surface area contributed by atoms with Crippen LogP contribution >= 0.6 is 0 Å². The predicted molar refractivity (Wildman–Crippen MR) is 103 cm³/mol. The fourth-order valence-corrected chi connectivity index (χ4v) is 4.53. The Morgan fingerprint density at radius 1 is 1.00 bits per heavy atom. The third kappa shape index (κ3) is 3.70. The highest BCUT2D eigenvalue weighted by atomic mass is 15.2. The summed E-state index contributed by atoms with van der Waals surface area (Å²) in [7, 11) is 0. The molecule has 1 aromatic heterocycles. The molecule has 134 valence electrons. The first-order chi connectivity index (χ1) is 12.2. The Labute approximate surface area is 151 Å². The highest BCUT2D eigenvalue weighted by Gasteiger charge is 2.29. The molecule has 4 nitrogen and oxygen atoms in total. The van der Waals surface area contributed by atoms with Crippen LogP contribution in [0.5, 0.6) is 0 Å². The standard InChI is InChI=1S/C21H30N4/c1-16-21(23-20-8-4-3-7-19(20)22-16)15-24-13-9-18(10-14-24)17(2)25-11-5-6-12-25/h3-4,7-8,17-18H,5-6,9-15H2,1-2H3/t17-/m0/s1. The third-order valence-corrected chi connectivity index (χ3v) is 6.25. The van der Waals surface area contributed by atoms with Crippen molar-refractivity contribution in [2.45, 2.75) is 52.1 Å². The van der Waals surface area contributed by atoms with Crippen molar-refractivity contribution in [3.63, 3.8) is 0 Å². The first kappa shape index (κ1) is 16.9. The van der Waals surface area contributed by atoms with Gasteiger partial charge in [0, 0.05) is 12.6 Å². The number of para-hydroxylation sites is 2. The van der Waals surface area contributed by atoms with Gasteiger partial charge in [0.2, 0.25) is 0 Å². The van der Waals surface area contributed by atoms with Crippen LogP contribution in [0.1, 0.15) is 44.0 Å². The zero-order chi connectivity index (χ0) is 17.2. The molecule has 0 bridgehead atoms. The maximum atomic E-state index is 4.87. The molecule has 0 saturated carbocycles. The van der Waals surface area contributed by atoms with Crippen LogP contribution in [0.15, 0.2) is 24.3 Å². The van der Waals surface area contributed by atoms with Crippen LogP contribution in [0.25, 0.3) is 11.0 Å². The van der Waals surface area contributed by atoms with E-state index in [4.69, 9.17) is 9.97 Å². The topological polar surface area (TPSA) is 32.3 Å². The number of rotatable bonds is 4. The van der Waals surface area contributed by atoms with Crippen molar-refractivity contribution >= 4 is 11.0 Å². The lowest BCUT2D eigenvalue weighted by molar-refractivity contribution is 0.107. The highest BCUT2D eigenvalue weighted by Crippen LogP contribution is 2.27. The van der Waals surface area contributed by atoms with Crippen molar-refractivity contribution in [3.05, 3.63) is 35.7 Å². The zero-order valence-electron chi connectivity index (χ0n) is 15.6. The molecule has 0 amide bonds. The van der Waals surface area contributed by atoms with Crippen molar-refractivity contribution in [1.29, 1.82) is 0 Å². The summed E-state index contributed by atoms with van der Waals surface area (Å²) in [4.78, 5) is 14.9. The quantitative estimate of drug-likeness (QED) is 0.852. The van der Waals surface area contributed by atoms with Crippen LogP contribution in [0.3, 0.4) is 0 Å². The number of piperidine rings is 1. The van der Waals surface area contributed by atoms with Gasteiger partial charge in [-0.05, 0) is 83.8 Å². The molecule has 0 aliphatic carbocycles. The molecule has 25 heavy (non-hydrogen) atoms. The number of hydrogen-bond donors (Lipinski definition) is 0. The van der Waals surface area contributed by atoms with E-state index < -0.39 is 0 Å². The molecule has 0 spiro atoms. The number of aryl methyl sites for hydroxylation is 1. The van der Waals surface area contributed by atoms with Crippen LogP contribution in [0.2, 0.25) is 0 Å². The van der Waals surface area contributed by atoms with Gasteiger partial charge in [0.25, 0.3) is 0 Å². The van der Waals surface area contributed by atoms with E-state index >= 15 is 0 Å². The van der Waals surface area contributed by atoms with Gasteiger partial charge in [0.15, 0.2) is 0 Å². The van der Waals surface area contributed by atoms with Crippen LogP contribution in [-0.4, -0.2) is 52.0 Å². The largest absolute Gasteiger partial charge is 0.300 e. The van der Waals surface area contributed by atoms with Gasteiger partial charge in [0.1, 0.15) is 0 Å². The average Bonchev–Trinajstić information content (AvgIpc) is 3.17. The van der Waals surface area contributed by atoms with E-state index in [1.165, 1.54) is 51.9 Å². The number of likely N-dealkylation sites (tertiary alicyclic amines) is 2. The van der Waals surface area contributed by atoms with Crippen molar-refractivity contribution in [2.75, 3.05) is 26.2 Å². The van der Waals surface area contributed by atoms with Crippen LogP contribution < -0.4 is 0 Å². The van der Waals surface area contributed by atoms with E-state index in [0.717, 1.165) is 40.9 Å². The van der Waals surface area contributed by atoms with E-state index in [9.17, 15) is 0 Å². The van der Waals surface area contributed by atoms with Gasteiger partial charge in [-0.1, -0.05) is 12.1 Å². The lowest BCUT2D eigenvalue weighted by Crippen LogP contribution is -2.43. The molecule has 1 aromatic carbocycles. The lowest BCUT2D eigenvalue weighted by atomic mass is 9.89. The molecular formula is C21H30N4. The second-order valence-corrected chi connectivity index (χ2v) is 7.84. The Bertz CT molecular complexity index is 715. The van der Waals surface area contributed by atoms with Gasteiger partial charge in [-0.3, -0.25) is 4.90 Å². The number of fused-ring (bicyclic) bond motifs is 1. The average molecular weight is 338 g/mol. The van der Waals surface area contributed by atoms with E-state index in [0.29, 0.717) is 0 Å². The number of hydrogen-bond acceptors (Lipinski definition) is 4. The summed E-state index contributed by atoms with van der Waals surface area (Å²) in [5.41, 5.74) is 4.23. The molecule has 2 aliphatic heterocycles. The van der Waals surface area contributed by atoms with Gasteiger partial charge in [-0.25, -0.2) is 9.97 Å². The summed E-state index contributed by atoms with van der Waals surface area (Å²) in [6.07, 6.45) is 5.42. The molecule has 0 unspecified atom stereocenters. The summed E-state index contributed by atoms with van der Waals surface area (Å²) in [6, 6.07) is 8.94. The lowest BCUT2D eigenvalue weighted by Gasteiger charge is -2.38. The van der Waals surface area contributed by atoms with Crippen LogP contribution in [-0.2, 0) is 6.54 Å². The van der Waals surface area contributed by atoms with Gasteiger partial charge < -0.3 is 4.90 Å². The van der Waals surface area contributed by atoms with E-state index in [1.54, 1.807) is 0 Å². The SMILES string of the molecule is Cc1nc2ccccc2nc1CN1CCC([C@H](C)N2CCCC2)CC1. The molecule has 2 aromatic rings. The minimum Gasteiger partial charge on any atom is -0.300 e.